The first-order valence-electron chi connectivity index (χ1n) is 6.01. The summed E-state index contributed by atoms with van der Waals surface area (Å²) in [6, 6.07) is 10.8. The minimum Gasteiger partial charge on any atom is -0.497 e. The number of amides is 1. The van der Waals surface area contributed by atoms with E-state index < -0.39 is 0 Å². The van der Waals surface area contributed by atoms with Gasteiger partial charge in [-0.2, -0.15) is 5.10 Å². The number of benzene rings is 1. The molecule has 0 unspecified atom stereocenters. The average molecular weight is 369 g/mol. The Morgan fingerprint density at radius 1 is 1.29 bits per heavy atom. The van der Waals surface area contributed by atoms with Gasteiger partial charge in [-0.05, 0) is 52.3 Å². The molecule has 0 radical (unpaired) electrons. The summed E-state index contributed by atoms with van der Waals surface area (Å²) >= 11 is 4.88. The molecule has 0 atom stereocenters. The van der Waals surface area contributed by atoms with E-state index in [1.165, 1.54) is 11.3 Å². The second-order valence-electron chi connectivity index (χ2n) is 3.90. The van der Waals surface area contributed by atoms with Crippen LogP contribution in [0.2, 0.25) is 0 Å². The molecule has 0 spiro atoms. The predicted octanol–water partition coefficient (Wildman–Crippen LogP) is 3.05. The minimum absolute atomic E-state index is 0.0994. The van der Waals surface area contributed by atoms with E-state index in [2.05, 4.69) is 26.5 Å². The van der Waals surface area contributed by atoms with Crippen molar-refractivity contribution in [3.05, 3.63) is 45.1 Å². The molecule has 5 nitrogen and oxygen atoms in total. The molecule has 1 aromatic heterocycles. The number of hydrogen-bond donors (Lipinski definition) is 1. The van der Waals surface area contributed by atoms with Crippen LogP contribution in [0.15, 0.2) is 45.3 Å². The van der Waals surface area contributed by atoms with E-state index >= 15 is 0 Å². The number of nitrogens with zero attached hydrogens (tertiary/aromatic N) is 1. The second kappa shape index (κ2) is 7.80. The Bertz CT molecular complexity index is 625. The van der Waals surface area contributed by atoms with Gasteiger partial charge in [0.25, 0.3) is 5.91 Å². The molecule has 7 heteroatoms. The van der Waals surface area contributed by atoms with Crippen LogP contribution in [0.4, 0.5) is 0 Å². The van der Waals surface area contributed by atoms with E-state index in [1.54, 1.807) is 37.6 Å². The van der Waals surface area contributed by atoms with Gasteiger partial charge >= 0.3 is 0 Å². The van der Waals surface area contributed by atoms with Gasteiger partial charge in [0.2, 0.25) is 0 Å². The first-order chi connectivity index (χ1) is 10.2. The number of hydrazone groups is 1. The fraction of sp³-hybridized carbons (Fsp3) is 0.143. The number of carbonyl (C=O) groups is 1. The van der Waals surface area contributed by atoms with Crippen LogP contribution in [0.5, 0.6) is 11.5 Å². The van der Waals surface area contributed by atoms with Crippen molar-refractivity contribution in [3.8, 4) is 11.5 Å². The molecule has 1 N–H and O–H groups in total. The summed E-state index contributed by atoms with van der Waals surface area (Å²) < 4.78 is 11.4. The molecule has 21 heavy (non-hydrogen) atoms. The van der Waals surface area contributed by atoms with Crippen molar-refractivity contribution in [2.45, 2.75) is 0 Å². The van der Waals surface area contributed by atoms with Crippen LogP contribution in [0.3, 0.4) is 0 Å². The Kier molecular flexibility index (Phi) is 5.77. The number of carbonyl (C=O) groups excluding carboxylic acids is 1. The Balaban J connectivity index is 1.75. The van der Waals surface area contributed by atoms with E-state index in [1.807, 2.05) is 12.1 Å². The highest BCUT2D eigenvalue weighted by Crippen LogP contribution is 2.20. The quantitative estimate of drug-likeness (QED) is 0.629. The maximum absolute atomic E-state index is 11.6. The topological polar surface area (TPSA) is 59.9 Å². The Morgan fingerprint density at radius 2 is 2.00 bits per heavy atom. The maximum Gasteiger partial charge on any atom is 0.277 e. The molecule has 1 aromatic carbocycles. The van der Waals surface area contributed by atoms with E-state index in [0.29, 0.717) is 5.75 Å². The fourth-order valence-corrected chi connectivity index (χ4v) is 2.71. The van der Waals surface area contributed by atoms with Crippen LogP contribution in [-0.2, 0) is 4.79 Å². The third-order valence-corrected chi connectivity index (χ3v) is 3.96. The molecule has 0 saturated heterocycles. The zero-order valence-corrected chi connectivity index (χ0v) is 13.6. The van der Waals surface area contributed by atoms with Crippen LogP contribution >= 0.6 is 27.3 Å². The zero-order chi connectivity index (χ0) is 15.1. The van der Waals surface area contributed by atoms with Crippen LogP contribution in [0, 0.1) is 0 Å². The van der Waals surface area contributed by atoms with Crippen LogP contribution in [-0.4, -0.2) is 25.8 Å². The molecule has 0 saturated carbocycles. The van der Waals surface area contributed by atoms with Crippen molar-refractivity contribution in [2.24, 2.45) is 5.10 Å². The number of hydrogen-bond acceptors (Lipinski definition) is 5. The summed E-state index contributed by atoms with van der Waals surface area (Å²) in [4.78, 5) is 12.5. The van der Waals surface area contributed by atoms with Crippen molar-refractivity contribution in [2.75, 3.05) is 13.7 Å². The summed E-state index contributed by atoms with van der Waals surface area (Å²) in [5.41, 5.74) is 2.41. The van der Waals surface area contributed by atoms with Crippen LogP contribution in [0.1, 0.15) is 4.88 Å². The van der Waals surface area contributed by atoms with Crippen molar-refractivity contribution in [1.82, 2.24) is 5.43 Å². The highest BCUT2D eigenvalue weighted by atomic mass is 79.9. The molecule has 2 aromatic rings. The van der Waals surface area contributed by atoms with E-state index in [9.17, 15) is 4.79 Å². The van der Waals surface area contributed by atoms with Gasteiger partial charge in [0.1, 0.15) is 11.5 Å². The van der Waals surface area contributed by atoms with E-state index in [0.717, 1.165) is 14.4 Å². The number of thiophene rings is 1. The van der Waals surface area contributed by atoms with Crippen LogP contribution in [0.25, 0.3) is 0 Å². The summed E-state index contributed by atoms with van der Waals surface area (Å²) in [5, 5.41) is 3.86. The average Bonchev–Trinajstić information content (AvgIpc) is 2.91. The summed E-state index contributed by atoms with van der Waals surface area (Å²) in [6.07, 6.45) is 1.58. The standard InChI is InChI=1S/C14H13BrN2O3S/c1-19-10-2-4-11(5-3-10)20-9-14(18)17-16-8-12-6-7-13(15)21-12/h2-8H,9H2,1H3,(H,17,18)/b16-8-. The molecule has 1 heterocycles. The van der Waals surface area contributed by atoms with Crippen molar-refractivity contribution >= 4 is 39.4 Å². The molecule has 0 bridgehead atoms. The van der Waals surface area contributed by atoms with Gasteiger partial charge in [-0.25, -0.2) is 5.43 Å². The summed E-state index contributed by atoms with van der Waals surface area (Å²) in [7, 11) is 1.59. The van der Waals surface area contributed by atoms with Crippen molar-refractivity contribution in [3.63, 3.8) is 0 Å². The largest absolute Gasteiger partial charge is 0.497 e. The lowest BCUT2D eigenvalue weighted by atomic mass is 10.3. The van der Waals surface area contributed by atoms with Gasteiger partial charge in [0.15, 0.2) is 6.61 Å². The third-order valence-electron chi connectivity index (χ3n) is 2.40. The summed E-state index contributed by atoms with van der Waals surface area (Å²) in [6.45, 7) is -0.0994. The molecule has 110 valence electrons. The monoisotopic (exact) mass is 368 g/mol. The molecule has 1 amide bonds. The Hall–Kier alpha value is -1.86. The molecule has 0 aliphatic carbocycles. The SMILES string of the molecule is COc1ccc(OCC(=O)N/N=C\c2ccc(Br)s2)cc1. The number of methoxy groups -OCH3 is 1. The molecule has 2 rings (SSSR count). The zero-order valence-electron chi connectivity index (χ0n) is 11.2. The van der Waals surface area contributed by atoms with Gasteiger partial charge in [-0.3, -0.25) is 4.79 Å². The first kappa shape index (κ1) is 15.5. The minimum atomic E-state index is -0.322. The highest BCUT2D eigenvalue weighted by molar-refractivity contribution is 9.11. The Labute approximate surface area is 134 Å². The predicted molar refractivity (Wildman–Crippen MR) is 86.2 cm³/mol. The van der Waals surface area contributed by atoms with Crippen molar-refractivity contribution < 1.29 is 14.3 Å². The molecule has 0 fully saturated rings. The molecule has 0 aliphatic heterocycles. The lowest BCUT2D eigenvalue weighted by Gasteiger charge is -2.05. The van der Waals surface area contributed by atoms with Gasteiger partial charge in [0, 0.05) is 4.88 Å². The number of rotatable bonds is 6. The third kappa shape index (κ3) is 5.20. The highest BCUT2D eigenvalue weighted by Gasteiger charge is 2.02. The number of nitrogens with one attached hydrogen (secondary N) is 1. The van der Waals surface area contributed by atoms with Gasteiger partial charge in [-0.1, -0.05) is 0 Å². The van der Waals surface area contributed by atoms with Crippen LogP contribution < -0.4 is 14.9 Å². The number of ether oxygens (including phenoxy) is 2. The Morgan fingerprint density at radius 3 is 2.62 bits per heavy atom. The van der Waals surface area contributed by atoms with E-state index in [-0.39, 0.29) is 12.5 Å². The van der Waals surface area contributed by atoms with E-state index in [4.69, 9.17) is 9.47 Å². The normalized spacial score (nSPS) is 10.6. The lowest BCUT2D eigenvalue weighted by Crippen LogP contribution is -2.24. The van der Waals surface area contributed by atoms with Gasteiger partial charge in [-0.15, -0.1) is 11.3 Å². The number of halogens is 1. The molecular weight excluding hydrogens is 356 g/mol. The smallest absolute Gasteiger partial charge is 0.277 e. The fourth-order valence-electron chi connectivity index (χ4n) is 1.42. The van der Waals surface area contributed by atoms with Gasteiger partial charge in [0.05, 0.1) is 17.1 Å². The first-order valence-corrected chi connectivity index (χ1v) is 7.62. The second-order valence-corrected chi connectivity index (χ2v) is 6.39. The van der Waals surface area contributed by atoms with Crippen molar-refractivity contribution in [1.29, 1.82) is 0 Å². The molecular formula is C14H13BrN2O3S. The molecule has 0 aliphatic rings. The van der Waals surface area contributed by atoms with Gasteiger partial charge < -0.3 is 9.47 Å². The summed E-state index contributed by atoms with van der Waals surface area (Å²) in [5.74, 6) is 1.01. The maximum atomic E-state index is 11.6. The lowest BCUT2D eigenvalue weighted by molar-refractivity contribution is -0.123.